The van der Waals surface area contributed by atoms with Crippen LogP contribution in [0, 0.1) is 5.92 Å². The number of rotatable bonds is 6. The number of hydrogen-bond donors (Lipinski definition) is 1. The van der Waals surface area contributed by atoms with Crippen LogP contribution in [0.2, 0.25) is 0 Å². The van der Waals surface area contributed by atoms with Crippen molar-refractivity contribution in [2.24, 2.45) is 5.92 Å². The molecule has 0 aromatic carbocycles. The van der Waals surface area contributed by atoms with Crippen LogP contribution in [-0.4, -0.2) is 6.54 Å². The maximum atomic E-state index is 5.39. The molecular weight excluding hydrogens is 254 g/mol. The molecule has 2 nitrogen and oxygen atoms in total. The Bertz CT molecular complexity index is 457. The first-order valence-electron chi connectivity index (χ1n) is 7.22. The van der Waals surface area contributed by atoms with Crippen molar-refractivity contribution in [3.63, 3.8) is 0 Å². The second kappa shape index (κ2) is 6.40. The summed E-state index contributed by atoms with van der Waals surface area (Å²) >= 11 is 1.88. The SMILES string of the molecule is c1coc(CCNC(c2cccs2)C2CCCC2)c1. The first-order chi connectivity index (χ1) is 9.43. The fraction of sp³-hybridized carbons (Fsp3) is 0.500. The predicted molar refractivity (Wildman–Crippen MR) is 79.4 cm³/mol. The minimum Gasteiger partial charge on any atom is -0.469 e. The van der Waals surface area contributed by atoms with Gasteiger partial charge < -0.3 is 9.73 Å². The summed E-state index contributed by atoms with van der Waals surface area (Å²) < 4.78 is 5.39. The third kappa shape index (κ3) is 3.28. The van der Waals surface area contributed by atoms with Crippen LogP contribution in [0.4, 0.5) is 0 Å². The molecule has 1 aliphatic rings. The molecule has 2 heterocycles. The van der Waals surface area contributed by atoms with E-state index in [9.17, 15) is 0 Å². The third-order valence-electron chi connectivity index (χ3n) is 4.04. The Morgan fingerprint density at radius 1 is 1.26 bits per heavy atom. The summed E-state index contributed by atoms with van der Waals surface area (Å²) in [5.41, 5.74) is 0. The van der Waals surface area contributed by atoms with Gasteiger partial charge in [0.1, 0.15) is 5.76 Å². The molecule has 3 heteroatoms. The zero-order valence-electron chi connectivity index (χ0n) is 11.2. The van der Waals surface area contributed by atoms with E-state index < -0.39 is 0 Å². The first kappa shape index (κ1) is 12.9. The van der Waals surface area contributed by atoms with E-state index in [1.54, 1.807) is 6.26 Å². The topological polar surface area (TPSA) is 25.2 Å². The van der Waals surface area contributed by atoms with Crippen molar-refractivity contribution >= 4 is 11.3 Å². The smallest absolute Gasteiger partial charge is 0.105 e. The fourth-order valence-corrected chi connectivity index (χ4v) is 3.96. The fourth-order valence-electron chi connectivity index (χ4n) is 3.06. The van der Waals surface area contributed by atoms with E-state index in [4.69, 9.17) is 4.42 Å². The Morgan fingerprint density at radius 3 is 2.84 bits per heavy atom. The highest BCUT2D eigenvalue weighted by molar-refractivity contribution is 7.10. The molecule has 1 unspecified atom stereocenters. The molecule has 1 fully saturated rings. The number of nitrogens with one attached hydrogen (secondary N) is 1. The van der Waals surface area contributed by atoms with Crippen molar-refractivity contribution in [2.45, 2.75) is 38.1 Å². The summed E-state index contributed by atoms with van der Waals surface area (Å²) in [6.45, 7) is 0.993. The Morgan fingerprint density at radius 2 is 2.16 bits per heavy atom. The van der Waals surface area contributed by atoms with Gasteiger partial charge in [-0.05, 0) is 42.3 Å². The second-order valence-corrected chi connectivity index (χ2v) is 6.30. The molecule has 0 amide bonds. The van der Waals surface area contributed by atoms with Crippen molar-refractivity contribution in [3.8, 4) is 0 Å². The van der Waals surface area contributed by atoms with Gasteiger partial charge in [0.05, 0.1) is 6.26 Å². The lowest BCUT2D eigenvalue weighted by Crippen LogP contribution is -2.28. The molecule has 0 spiro atoms. The van der Waals surface area contributed by atoms with Gasteiger partial charge in [0.25, 0.3) is 0 Å². The summed E-state index contributed by atoms with van der Waals surface area (Å²) in [5.74, 6) is 1.89. The van der Waals surface area contributed by atoms with Gasteiger partial charge in [0.2, 0.25) is 0 Å². The lowest BCUT2D eigenvalue weighted by Gasteiger charge is -2.23. The molecular formula is C16H21NOS. The Balaban J connectivity index is 1.59. The van der Waals surface area contributed by atoms with Crippen molar-refractivity contribution in [1.29, 1.82) is 0 Å². The quantitative estimate of drug-likeness (QED) is 0.845. The molecule has 19 heavy (non-hydrogen) atoms. The Hall–Kier alpha value is -1.06. The average molecular weight is 275 g/mol. The highest BCUT2D eigenvalue weighted by Crippen LogP contribution is 2.37. The van der Waals surface area contributed by atoms with E-state index in [2.05, 4.69) is 28.9 Å². The average Bonchev–Trinajstić information content (AvgIpc) is 3.15. The van der Waals surface area contributed by atoms with Gasteiger partial charge in [-0.2, -0.15) is 0 Å². The maximum Gasteiger partial charge on any atom is 0.105 e. The van der Waals surface area contributed by atoms with E-state index >= 15 is 0 Å². The minimum absolute atomic E-state index is 0.539. The minimum atomic E-state index is 0.539. The molecule has 3 rings (SSSR count). The summed E-state index contributed by atoms with van der Waals surface area (Å²) in [5, 5.41) is 5.94. The molecule has 1 atom stereocenters. The second-order valence-electron chi connectivity index (χ2n) is 5.32. The van der Waals surface area contributed by atoms with E-state index in [0.29, 0.717) is 6.04 Å². The zero-order chi connectivity index (χ0) is 12.9. The molecule has 0 radical (unpaired) electrons. The molecule has 0 aliphatic heterocycles. The molecule has 102 valence electrons. The lowest BCUT2D eigenvalue weighted by atomic mass is 9.96. The Kier molecular flexibility index (Phi) is 4.36. The van der Waals surface area contributed by atoms with Crippen molar-refractivity contribution in [2.75, 3.05) is 6.54 Å². The van der Waals surface area contributed by atoms with E-state index in [1.807, 2.05) is 17.4 Å². The van der Waals surface area contributed by atoms with Crippen LogP contribution in [0.25, 0.3) is 0 Å². The normalized spacial score (nSPS) is 17.9. The highest BCUT2D eigenvalue weighted by atomic mass is 32.1. The van der Waals surface area contributed by atoms with E-state index in [0.717, 1.165) is 24.6 Å². The van der Waals surface area contributed by atoms with Gasteiger partial charge in [0, 0.05) is 23.9 Å². The summed E-state index contributed by atoms with van der Waals surface area (Å²) in [7, 11) is 0. The molecule has 2 aromatic heterocycles. The standard InChI is InChI=1S/C16H21NOS/c1-2-6-13(5-1)16(15-8-4-12-19-15)17-10-9-14-7-3-11-18-14/h3-4,7-8,11-13,16-17H,1-2,5-6,9-10H2. The highest BCUT2D eigenvalue weighted by Gasteiger charge is 2.26. The van der Waals surface area contributed by atoms with Crippen molar-refractivity contribution in [1.82, 2.24) is 5.32 Å². The summed E-state index contributed by atoms with van der Waals surface area (Å²) in [6.07, 6.45) is 8.26. The van der Waals surface area contributed by atoms with Crippen LogP contribution >= 0.6 is 11.3 Å². The van der Waals surface area contributed by atoms with Gasteiger partial charge in [-0.15, -0.1) is 11.3 Å². The van der Waals surface area contributed by atoms with Crippen LogP contribution in [0.1, 0.15) is 42.4 Å². The van der Waals surface area contributed by atoms with Crippen LogP contribution in [0.15, 0.2) is 40.3 Å². The maximum absolute atomic E-state index is 5.39. The van der Waals surface area contributed by atoms with Gasteiger partial charge in [-0.1, -0.05) is 18.9 Å². The van der Waals surface area contributed by atoms with E-state index in [-0.39, 0.29) is 0 Å². The van der Waals surface area contributed by atoms with Crippen LogP contribution in [0.3, 0.4) is 0 Å². The predicted octanol–water partition coefficient (Wildman–Crippen LogP) is 4.40. The first-order valence-corrected chi connectivity index (χ1v) is 8.10. The molecule has 0 saturated heterocycles. The van der Waals surface area contributed by atoms with Gasteiger partial charge in [-0.3, -0.25) is 0 Å². The summed E-state index contributed by atoms with van der Waals surface area (Å²) in [4.78, 5) is 1.49. The van der Waals surface area contributed by atoms with Crippen molar-refractivity contribution in [3.05, 3.63) is 46.5 Å². The number of hydrogen-bond acceptors (Lipinski definition) is 3. The largest absolute Gasteiger partial charge is 0.469 e. The molecule has 1 saturated carbocycles. The molecule has 1 N–H and O–H groups in total. The molecule has 0 bridgehead atoms. The van der Waals surface area contributed by atoms with Gasteiger partial charge in [-0.25, -0.2) is 0 Å². The van der Waals surface area contributed by atoms with Crippen LogP contribution in [-0.2, 0) is 6.42 Å². The van der Waals surface area contributed by atoms with Crippen LogP contribution < -0.4 is 5.32 Å². The van der Waals surface area contributed by atoms with E-state index in [1.165, 1.54) is 30.6 Å². The zero-order valence-corrected chi connectivity index (χ0v) is 12.0. The van der Waals surface area contributed by atoms with Crippen molar-refractivity contribution < 1.29 is 4.42 Å². The van der Waals surface area contributed by atoms with Crippen LogP contribution in [0.5, 0.6) is 0 Å². The lowest BCUT2D eigenvalue weighted by molar-refractivity contribution is 0.369. The number of thiophene rings is 1. The number of furan rings is 1. The molecule has 2 aromatic rings. The van der Waals surface area contributed by atoms with Gasteiger partial charge in [0.15, 0.2) is 0 Å². The summed E-state index contributed by atoms with van der Waals surface area (Å²) in [6, 6.07) is 8.99. The Labute approximate surface area is 118 Å². The molecule has 1 aliphatic carbocycles. The third-order valence-corrected chi connectivity index (χ3v) is 4.99. The monoisotopic (exact) mass is 275 g/mol. The van der Waals surface area contributed by atoms with Gasteiger partial charge >= 0.3 is 0 Å².